The zero-order chi connectivity index (χ0) is 19.0. The maximum Gasteiger partial charge on any atom is 0.410 e. The quantitative estimate of drug-likeness (QED) is 0.800. The second-order valence-electron chi connectivity index (χ2n) is 7.75. The van der Waals surface area contributed by atoms with Crippen molar-refractivity contribution in [3.05, 3.63) is 22.6 Å². The third-order valence-corrected chi connectivity index (χ3v) is 4.34. The number of carbonyl (C=O) groups is 1. The van der Waals surface area contributed by atoms with Gasteiger partial charge < -0.3 is 19.6 Å². The Balaban J connectivity index is 2.25. The van der Waals surface area contributed by atoms with Crippen molar-refractivity contribution in [3.63, 3.8) is 0 Å². The number of anilines is 1. The molecule has 1 fully saturated rings. The number of aliphatic hydroxyl groups is 1. The number of nitrogens with zero attached hydrogens (tertiary/aromatic N) is 3. The van der Waals surface area contributed by atoms with Gasteiger partial charge in [-0.3, -0.25) is 0 Å². The highest BCUT2D eigenvalue weighted by Gasteiger charge is 2.40. The van der Waals surface area contributed by atoms with Crippen LogP contribution in [0.4, 0.5) is 15.0 Å². The maximum atomic E-state index is 14.4. The third-order valence-electron chi connectivity index (χ3n) is 3.91. The first kappa shape index (κ1) is 19.9. The summed E-state index contributed by atoms with van der Waals surface area (Å²) in [5.41, 5.74) is -1.76. The summed E-state index contributed by atoms with van der Waals surface area (Å²) in [6, 6.07) is 0.821. The van der Waals surface area contributed by atoms with Crippen LogP contribution in [-0.2, 0) is 4.74 Å². The Morgan fingerprint density at radius 1 is 1.36 bits per heavy atom. The average Bonchev–Trinajstić information content (AvgIpc) is 2.44. The van der Waals surface area contributed by atoms with E-state index in [1.165, 1.54) is 12.3 Å². The van der Waals surface area contributed by atoms with E-state index in [1.54, 1.807) is 44.4 Å². The molecule has 1 aromatic rings. The average molecular weight is 418 g/mol. The van der Waals surface area contributed by atoms with Crippen molar-refractivity contribution in [3.8, 4) is 0 Å². The Morgan fingerprint density at radius 3 is 2.52 bits per heavy atom. The second kappa shape index (κ2) is 7.07. The van der Waals surface area contributed by atoms with E-state index in [4.69, 9.17) is 4.74 Å². The number of pyridine rings is 1. The van der Waals surface area contributed by atoms with Crippen molar-refractivity contribution in [2.75, 3.05) is 24.5 Å². The van der Waals surface area contributed by atoms with Crippen LogP contribution in [-0.4, -0.2) is 58.0 Å². The van der Waals surface area contributed by atoms with Gasteiger partial charge in [-0.15, -0.1) is 0 Å². The molecule has 0 aromatic carbocycles. The minimum Gasteiger partial charge on any atom is -0.444 e. The van der Waals surface area contributed by atoms with E-state index in [1.807, 2.05) is 0 Å². The molecular weight excluding hydrogens is 393 g/mol. The molecule has 1 aliphatic rings. The van der Waals surface area contributed by atoms with Gasteiger partial charge in [-0.1, -0.05) is 0 Å². The molecule has 0 radical (unpaired) electrons. The Hall–Kier alpha value is -1.41. The normalized spacial score (nSPS) is 19.1. The van der Waals surface area contributed by atoms with Gasteiger partial charge >= 0.3 is 6.09 Å². The lowest BCUT2D eigenvalue weighted by Crippen LogP contribution is -2.63. The number of amides is 1. The molecule has 25 heavy (non-hydrogen) atoms. The standard InChI is InChI=1S/C17H25BrFN3O3/c1-16(2,3)25-15(23)21-6-7-22(13(10-21)17(4,5)24)14-12(19)8-11(18)9-20-14/h8-9,13,24H,6-7,10H2,1-5H3. The van der Waals surface area contributed by atoms with E-state index < -0.39 is 29.2 Å². The van der Waals surface area contributed by atoms with Gasteiger partial charge in [-0.05, 0) is 56.6 Å². The number of ether oxygens (including phenoxy) is 1. The summed E-state index contributed by atoms with van der Waals surface area (Å²) in [6.07, 6.45) is 1.07. The van der Waals surface area contributed by atoms with E-state index in [0.29, 0.717) is 17.6 Å². The van der Waals surface area contributed by atoms with Gasteiger partial charge in [0.15, 0.2) is 11.6 Å². The van der Waals surface area contributed by atoms with E-state index >= 15 is 0 Å². The van der Waals surface area contributed by atoms with Crippen molar-refractivity contribution in [2.45, 2.75) is 51.9 Å². The van der Waals surface area contributed by atoms with Crippen LogP contribution in [0.15, 0.2) is 16.7 Å². The molecule has 1 amide bonds. The van der Waals surface area contributed by atoms with Gasteiger partial charge in [0.05, 0.1) is 11.6 Å². The number of rotatable bonds is 2. The molecule has 140 valence electrons. The van der Waals surface area contributed by atoms with Crippen LogP contribution in [0.1, 0.15) is 34.6 Å². The zero-order valence-corrected chi connectivity index (χ0v) is 16.8. The van der Waals surface area contributed by atoms with Gasteiger partial charge in [0.2, 0.25) is 0 Å². The zero-order valence-electron chi connectivity index (χ0n) is 15.2. The smallest absolute Gasteiger partial charge is 0.410 e. The molecule has 0 aliphatic carbocycles. The van der Waals surface area contributed by atoms with E-state index in [0.717, 1.165) is 0 Å². The van der Waals surface area contributed by atoms with Gasteiger partial charge in [0, 0.05) is 30.3 Å². The molecule has 0 spiro atoms. The highest BCUT2D eigenvalue weighted by molar-refractivity contribution is 9.10. The largest absolute Gasteiger partial charge is 0.444 e. The van der Waals surface area contributed by atoms with Crippen LogP contribution >= 0.6 is 15.9 Å². The van der Waals surface area contributed by atoms with Gasteiger partial charge in [-0.2, -0.15) is 0 Å². The number of piperazine rings is 1. The minimum absolute atomic E-state index is 0.166. The fourth-order valence-corrected chi connectivity index (χ4v) is 3.06. The summed E-state index contributed by atoms with van der Waals surface area (Å²) in [4.78, 5) is 19.8. The molecule has 1 atom stereocenters. The fraction of sp³-hybridized carbons (Fsp3) is 0.647. The molecule has 2 rings (SSSR count). The fourth-order valence-electron chi connectivity index (χ4n) is 2.75. The maximum absolute atomic E-state index is 14.4. The monoisotopic (exact) mass is 417 g/mol. The van der Waals surface area contributed by atoms with Crippen molar-refractivity contribution in [1.82, 2.24) is 9.88 Å². The lowest BCUT2D eigenvalue weighted by atomic mass is 9.94. The minimum atomic E-state index is -1.16. The molecule has 6 nitrogen and oxygen atoms in total. The second-order valence-corrected chi connectivity index (χ2v) is 8.66. The van der Waals surface area contributed by atoms with Crippen molar-refractivity contribution in [2.24, 2.45) is 0 Å². The molecule has 8 heteroatoms. The molecule has 1 aliphatic heterocycles. The third kappa shape index (κ3) is 5.04. The summed E-state index contributed by atoms with van der Waals surface area (Å²) in [5.74, 6) is -0.312. The summed E-state index contributed by atoms with van der Waals surface area (Å²) in [6.45, 7) is 9.61. The topological polar surface area (TPSA) is 65.9 Å². The van der Waals surface area contributed by atoms with Crippen molar-refractivity contribution < 1.29 is 19.0 Å². The Morgan fingerprint density at radius 2 is 2.00 bits per heavy atom. The van der Waals surface area contributed by atoms with Crippen molar-refractivity contribution >= 4 is 27.8 Å². The van der Waals surface area contributed by atoms with E-state index in [9.17, 15) is 14.3 Å². The van der Waals surface area contributed by atoms with Crippen LogP contribution in [0.25, 0.3) is 0 Å². The van der Waals surface area contributed by atoms with Crippen LogP contribution in [0.5, 0.6) is 0 Å². The van der Waals surface area contributed by atoms with Gasteiger partial charge in [0.1, 0.15) is 5.60 Å². The Bertz CT molecular complexity index is 643. The lowest BCUT2D eigenvalue weighted by Gasteiger charge is -2.46. The van der Waals surface area contributed by atoms with Gasteiger partial charge in [-0.25, -0.2) is 14.2 Å². The predicted molar refractivity (Wildman–Crippen MR) is 97.1 cm³/mol. The number of hydrogen-bond donors (Lipinski definition) is 1. The molecule has 0 bridgehead atoms. The number of hydrogen-bond acceptors (Lipinski definition) is 5. The Kier molecular flexibility index (Phi) is 5.63. The summed E-state index contributed by atoms with van der Waals surface area (Å²) >= 11 is 3.19. The summed E-state index contributed by atoms with van der Waals surface area (Å²) < 4.78 is 20.3. The van der Waals surface area contributed by atoms with Crippen molar-refractivity contribution in [1.29, 1.82) is 0 Å². The van der Waals surface area contributed by atoms with Crippen LogP contribution < -0.4 is 4.90 Å². The number of aromatic nitrogens is 1. The van der Waals surface area contributed by atoms with Crippen LogP contribution in [0, 0.1) is 5.82 Å². The molecule has 2 heterocycles. The van der Waals surface area contributed by atoms with E-state index in [2.05, 4.69) is 20.9 Å². The summed E-state index contributed by atoms with van der Waals surface area (Å²) in [7, 11) is 0. The van der Waals surface area contributed by atoms with Crippen LogP contribution in [0.2, 0.25) is 0 Å². The molecule has 1 unspecified atom stereocenters. The van der Waals surface area contributed by atoms with Crippen LogP contribution in [0.3, 0.4) is 0 Å². The lowest BCUT2D eigenvalue weighted by molar-refractivity contribution is -0.000991. The molecule has 1 N–H and O–H groups in total. The Labute approximate surface area is 156 Å². The number of halogens is 2. The van der Waals surface area contributed by atoms with Gasteiger partial charge in [0.25, 0.3) is 0 Å². The molecule has 0 saturated carbocycles. The summed E-state index contributed by atoms with van der Waals surface area (Å²) in [5, 5.41) is 10.6. The SMILES string of the molecule is CC(C)(C)OC(=O)N1CCN(c2ncc(Br)cc2F)C(C(C)(C)O)C1. The first-order valence-electron chi connectivity index (χ1n) is 8.16. The highest BCUT2D eigenvalue weighted by Crippen LogP contribution is 2.29. The van der Waals surface area contributed by atoms with E-state index in [-0.39, 0.29) is 12.4 Å². The first-order valence-corrected chi connectivity index (χ1v) is 8.96. The number of carbonyl (C=O) groups excluding carboxylic acids is 1. The first-order chi connectivity index (χ1) is 11.4. The molecule has 1 aromatic heterocycles. The predicted octanol–water partition coefficient (Wildman–Crippen LogP) is 3.18. The highest BCUT2D eigenvalue weighted by atomic mass is 79.9. The molecular formula is C17H25BrFN3O3. The molecule has 1 saturated heterocycles.